The molecule has 1 fully saturated rings. The molecule has 1 saturated heterocycles. The molecule has 178 valence electrons. The van der Waals surface area contributed by atoms with E-state index in [0.717, 1.165) is 50.6 Å². The first-order chi connectivity index (χ1) is 14.6. The molecule has 1 aliphatic rings. The number of ether oxygens (including phenoxy) is 2. The molecule has 2 rings (SSSR count). The van der Waals surface area contributed by atoms with Gasteiger partial charge in [-0.25, -0.2) is 4.79 Å². The van der Waals surface area contributed by atoms with Crippen LogP contribution in [0, 0.1) is 5.92 Å². The molecule has 0 atom stereocenters. The first-order valence-electron chi connectivity index (χ1n) is 11.1. The Morgan fingerprint density at radius 3 is 2.74 bits per heavy atom. The number of nitrogens with one attached hydrogen (secondary N) is 2. The van der Waals surface area contributed by atoms with Crippen LogP contribution >= 0.6 is 24.0 Å². The SMILES string of the molecule is CCOC(=O)N1CCC(NC(=NCCOCCC(C)C)NCCc2ccco2)CC1.I. The fraction of sp³-hybridized carbons (Fsp3) is 0.727. The highest BCUT2D eigenvalue weighted by Gasteiger charge is 2.24. The highest BCUT2D eigenvalue weighted by atomic mass is 127. The van der Waals surface area contributed by atoms with Crippen molar-refractivity contribution in [1.29, 1.82) is 0 Å². The Kier molecular flexibility index (Phi) is 14.4. The third-order valence-electron chi connectivity index (χ3n) is 4.95. The molecule has 8 nitrogen and oxygen atoms in total. The van der Waals surface area contributed by atoms with E-state index in [9.17, 15) is 4.79 Å². The van der Waals surface area contributed by atoms with Crippen LogP contribution in [0.4, 0.5) is 4.79 Å². The molecule has 0 unspecified atom stereocenters. The molecule has 1 aromatic rings. The quantitative estimate of drug-likeness (QED) is 0.189. The summed E-state index contributed by atoms with van der Waals surface area (Å²) < 4.78 is 16.2. The summed E-state index contributed by atoms with van der Waals surface area (Å²) in [6.07, 6.45) is 5.05. The Morgan fingerprint density at radius 2 is 2.10 bits per heavy atom. The third kappa shape index (κ3) is 11.6. The van der Waals surface area contributed by atoms with Gasteiger partial charge >= 0.3 is 6.09 Å². The number of nitrogens with zero attached hydrogens (tertiary/aromatic N) is 2. The highest BCUT2D eigenvalue weighted by Crippen LogP contribution is 2.11. The lowest BCUT2D eigenvalue weighted by atomic mass is 10.1. The van der Waals surface area contributed by atoms with Crippen LogP contribution in [0.3, 0.4) is 0 Å². The number of amides is 1. The Bertz CT molecular complexity index is 617. The molecule has 0 spiro atoms. The van der Waals surface area contributed by atoms with E-state index in [1.165, 1.54) is 0 Å². The zero-order valence-electron chi connectivity index (χ0n) is 19.1. The average molecular weight is 550 g/mol. The number of hydrogen-bond donors (Lipinski definition) is 2. The molecule has 1 amide bonds. The standard InChI is InChI=1S/C22H38N4O4.HI/c1-4-29-22(27)26-13-8-19(9-14-26)25-21(23-11-7-20-6-5-15-30-20)24-12-17-28-16-10-18(2)3;/h5-6,15,18-19H,4,7-14,16-17H2,1-3H3,(H2,23,24,25);1H. The zero-order valence-corrected chi connectivity index (χ0v) is 21.4. The van der Waals surface area contributed by atoms with Crippen molar-refractivity contribution in [1.82, 2.24) is 15.5 Å². The number of halogens is 1. The van der Waals surface area contributed by atoms with Gasteiger partial charge in [-0.3, -0.25) is 4.99 Å². The number of carbonyl (C=O) groups excluding carboxylic acids is 1. The number of guanidine groups is 1. The molecule has 0 aliphatic carbocycles. The van der Waals surface area contributed by atoms with Gasteiger partial charge < -0.3 is 29.4 Å². The Morgan fingerprint density at radius 1 is 1.32 bits per heavy atom. The lowest BCUT2D eigenvalue weighted by molar-refractivity contribution is 0.0962. The van der Waals surface area contributed by atoms with E-state index < -0.39 is 0 Å². The molecule has 2 heterocycles. The monoisotopic (exact) mass is 550 g/mol. The average Bonchev–Trinajstić information content (AvgIpc) is 3.24. The summed E-state index contributed by atoms with van der Waals surface area (Å²) in [6, 6.07) is 4.14. The van der Waals surface area contributed by atoms with Crippen LogP contribution in [0.15, 0.2) is 27.8 Å². The largest absolute Gasteiger partial charge is 0.469 e. The number of rotatable bonds is 11. The van der Waals surface area contributed by atoms with Crippen LogP contribution in [0.25, 0.3) is 0 Å². The van der Waals surface area contributed by atoms with Crippen molar-refractivity contribution in [2.75, 3.05) is 46.0 Å². The summed E-state index contributed by atoms with van der Waals surface area (Å²) in [7, 11) is 0. The minimum Gasteiger partial charge on any atom is -0.469 e. The molecule has 0 bridgehead atoms. The maximum atomic E-state index is 11.9. The van der Waals surface area contributed by atoms with Crippen molar-refractivity contribution in [2.45, 2.75) is 52.5 Å². The number of piperidine rings is 1. The highest BCUT2D eigenvalue weighted by molar-refractivity contribution is 14.0. The van der Waals surface area contributed by atoms with E-state index in [0.29, 0.717) is 38.8 Å². The van der Waals surface area contributed by atoms with Gasteiger partial charge in [0.1, 0.15) is 5.76 Å². The van der Waals surface area contributed by atoms with Crippen molar-refractivity contribution in [2.24, 2.45) is 10.9 Å². The fourth-order valence-electron chi connectivity index (χ4n) is 3.17. The first kappa shape index (κ1) is 27.5. The second-order valence-corrected chi connectivity index (χ2v) is 7.89. The molecule has 1 aliphatic heterocycles. The molecular weight excluding hydrogens is 511 g/mol. The van der Waals surface area contributed by atoms with Gasteiger partial charge in [0.05, 0.1) is 26.0 Å². The van der Waals surface area contributed by atoms with Crippen molar-refractivity contribution >= 4 is 36.0 Å². The molecule has 1 aromatic heterocycles. The number of hydrogen-bond acceptors (Lipinski definition) is 5. The predicted octanol–water partition coefficient (Wildman–Crippen LogP) is 3.66. The van der Waals surface area contributed by atoms with E-state index in [1.807, 2.05) is 19.1 Å². The van der Waals surface area contributed by atoms with Crippen molar-refractivity contribution in [3.8, 4) is 0 Å². The van der Waals surface area contributed by atoms with E-state index >= 15 is 0 Å². The summed E-state index contributed by atoms with van der Waals surface area (Å²) in [6.45, 7) is 10.7. The Hall–Kier alpha value is -1.49. The van der Waals surface area contributed by atoms with Gasteiger partial charge in [-0.15, -0.1) is 24.0 Å². The second-order valence-electron chi connectivity index (χ2n) is 7.89. The van der Waals surface area contributed by atoms with Crippen molar-refractivity contribution in [3.05, 3.63) is 24.2 Å². The van der Waals surface area contributed by atoms with Crippen molar-refractivity contribution < 1.29 is 18.7 Å². The van der Waals surface area contributed by atoms with Crippen LogP contribution in [0.1, 0.15) is 45.8 Å². The topological polar surface area (TPSA) is 88.3 Å². The second kappa shape index (κ2) is 16.2. The third-order valence-corrected chi connectivity index (χ3v) is 4.95. The molecular formula is C22H39IN4O4. The maximum absolute atomic E-state index is 11.9. The van der Waals surface area contributed by atoms with Crippen LogP contribution in [0.2, 0.25) is 0 Å². The van der Waals surface area contributed by atoms with Gasteiger partial charge in [0, 0.05) is 38.7 Å². The molecule has 0 saturated carbocycles. The van der Waals surface area contributed by atoms with Gasteiger partial charge in [-0.1, -0.05) is 13.8 Å². The molecule has 0 aromatic carbocycles. The molecule has 0 radical (unpaired) electrons. The Balaban J connectivity index is 0.00000480. The number of likely N-dealkylation sites (tertiary alicyclic amines) is 1. The van der Waals surface area contributed by atoms with Crippen LogP contribution in [-0.4, -0.2) is 69.0 Å². The van der Waals surface area contributed by atoms with Gasteiger partial charge in [0.2, 0.25) is 0 Å². The number of aliphatic imine (C=N–C) groups is 1. The summed E-state index contributed by atoms with van der Waals surface area (Å²) >= 11 is 0. The summed E-state index contributed by atoms with van der Waals surface area (Å²) in [5.41, 5.74) is 0. The minimum atomic E-state index is -0.222. The van der Waals surface area contributed by atoms with Gasteiger partial charge in [0.25, 0.3) is 0 Å². The van der Waals surface area contributed by atoms with Crippen LogP contribution < -0.4 is 10.6 Å². The van der Waals surface area contributed by atoms with Gasteiger partial charge in [0.15, 0.2) is 5.96 Å². The molecule has 31 heavy (non-hydrogen) atoms. The van der Waals surface area contributed by atoms with E-state index in [4.69, 9.17) is 13.9 Å². The smallest absolute Gasteiger partial charge is 0.409 e. The Labute approximate surface area is 203 Å². The fourth-order valence-corrected chi connectivity index (χ4v) is 3.17. The van der Waals surface area contributed by atoms with Crippen LogP contribution in [-0.2, 0) is 15.9 Å². The van der Waals surface area contributed by atoms with E-state index in [1.54, 1.807) is 11.2 Å². The summed E-state index contributed by atoms with van der Waals surface area (Å²) in [4.78, 5) is 18.3. The van der Waals surface area contributed by atoms with Crippen molar-refractivity contribution in [3.63, 3.8) is 0 Å². The predicted molar refractivity (Wildman–Crippen MR) is 133 cm³/mol. The lowest BCUT2D eigenvalue weighted by Gasteiger charge is -2.32. The maximum Gasteiger partial charge on any atom is 0.409 e. The lowest BCUT2D eigenvalue weighted by Crippen LogP contribution is -2.50. The number of carbonyl (C=O) groups is 1. The minimum absolute atomic E-state index is 0. The van der Waals surface area contributed by atoms with E-state index in [-0.39, 0.29) is 36.1 Å². The zero-order chi connectivity index (χ0) is 21.6. The molecule has 2 N–H and O–H groups in total. The van der Waals surface area contributed by atoms with E-state index in [2.05, 4.69) is 29.5 Å². The summed E-state index contributed by atoms with van der Waals surface area (Å²) in [5, 5.41) is 6.90. The van der Waals surface area contributed by atoms with Gasteiger partial charge in [-0.2, -0.15) is 0 Å². The summed E-state index contributed by atoms with van der Waals surface area (Å²) in [5.74, 6) is 2.37. The van der Waals surface area contributed by atoms with Crippen LogP contribution in [0.5, 0.6) is 0 Å². The van der Waals surface area contributed by atoms with Gasteiger partial charge in [-0.05, 0) is 44.2 Å². The molecule has 9 heteroatoms. The number of furan rings is 1. The normalized spacial score (nSPS) is 15.0. The first-order valence-corrected chi connectivity index (χ1v) is 11.1.